The lowest BCUT2D eigenvalue weighted by Crippen LogP contribution is -2.47. The Balaban J connectivity index is 0.00000267. The fourth-order valence-electron chi connectivity index (χ4n) is 3.94. The minimum atomic E-state index is -4.43. The number of aliphatic hydroxyl groups is 1. The van der Waals surface area contributed by atoms with Gasteiger partial charge in [0.15, 0.2) is 0 Å². The second-order valence-electron chi connectivity index (χ2n) is 7.83. The summed E-state index contributed by atoms with van der Waals surface area (Å²) < 4.78 is 77.5. The summed E-state index contributed by atoms with van der Waals surface area (Å²) in [5.74, 6) is 0. The Morgan fingerprint density at radius 3 is 2.40 bits per heavy atom. The van der Waals surface area contributed by atoms with Crippen molar-refractivity contribution in [3.05, 3.63) is 65.2 Å². The van der Waals surface area contributed by atoms with Gasteiger partial charge in [0.05, 0.1) is 28.1 Å². The Bertz CT molecular complexity index is 1150. The molecule has 2 aliphatic heterocycles. The fourth-order valence-corrected chi connectivity index (χ4v) is 5.02. The highest BCUT2D eigenvalue weighted by Crippen LogP contribution is 2.47. The van der Waals surface area contributed by atoms with Crippen molar-refractivity contribution >= 4 is 42.1 Å². The molecule has 35 heavy (non-hydrogen) atoms. The number of alkyl halides is 3. The van der Waals surface area contributed by atoms with Crippen LogP contribution in [0, 0.1) is 0 Å². The molecular formula is C25H31Cl2F3N2O2S. The van der Waals surface area contributed by atoms with Crippen LogP contribution in [0.15, 0.2) is 58.3 Å². The zero-order chi connectivity index (χ0) is 26.8. The first-order valence-corrected chi connectivity index (χ1v) is 11.7. The van der Waals surface area contributed by atoms with Crippen molar-refractivity contribution in [2.24, 2.45) is 0 Å². The van der Waals surface area contributed by atoms with Crippen LogP contribution in [-0.4, -0.2) is 73.9 Å². The van der Waals surface area contributed by atoms with Crippen LogP contribution < -0.4 is 0 Å². The predicted molar refractivity (Wildman–Crippen MR) is 139 cm³/mol. The number of halogens is 5. The van der Waals surface area contributed by atoms with Gasteiger partial charge in [-0.25, -0.2) is 0 Å². The Morgan fingerprint density at radius 1 is 1.00 bits per heavy atom. The molecule has 0 atom stereocenters. The lowest BCUT2D eigenvalue weighted by atomic mass is 9.94. The quantitative estimate of drug-likeness (QED) is 0.400. The summed E-state index contributed by atoms with van der Waals surface area (Å²) in [6, 6.07) is 11.5. The maximum Gasteiger partial charge on any atom is 0.416 e. The molecule has 2 aromatic carbocycles. The van der Waals surface area contributed by atoms with Crippen molar-refractivity contribution in [1.29, 1.82) is 0 Å². The Hall–Kier alpha value is -1.26. The van der Waals surface area contributed by atoms with Crippen LogP contribution in [0.5, 0.6) is 0 Å². The van der Waals surface area contributed by atoms with E-state index in [2.05, 4.69) is 4.90 Å². The third-order valence-corrected chi connectivity index (χ3v) is 6.78. The molecule has 1 N–H and O–H groups in total. The molecule has 0 aromatic heterocycles. The van der Waals surface area contributed by atoms with Gasteiger partial charge in [0.1, 0.15) is 0 Å². The number of benzene rings is 2. The molecule has 0 aliphatic carbocycles. The maximum absolute atomic E-state index is 13.4. The fraction of sp³-hybridized carbons (Fsp3) is 0.440. The summed E-state index contributed by atoms with van der Waals surface area (Å²) in [5, 5.41) is 8.88. The van der Waals surface area contributed by atoms with E-state index in [0.717, 1.165) is 27.0 Å². The van der Waals surface area contributed by atoms with Gasteiger partial charge in [-0.3, -0.25) is 4.90 Å². The molecule has 1 saturated heterocycles. The summed E-state index contributed by atoms with van der Waals surface area (Å²) in [6.07, 6.45) is -1.85. The molecule has 4 nitrogen and oxygen atoms in total. The molecule has 0 radical (unpaired) electrons. The topological polar surface area (TPSA) is 35.9 Å². The van der Waals surface area contributed by atoms with E-state index in [1.165, 1.54) is 28.8 Å². The van der Waals surface area contributed by atoms with Crippen molar-refractivity contribution in [3.8, 4) is 0 Å². The number of hydrogen-bond acceptors (Lipinski definition) is 5. The molecule has 0 spiro atoms. The van der Waals surface area contributed by atoms with Crippen molar-refractivity contribution < 1.29 is 28.5 Å². The van der Waals surface area contributed by atoms with E-state index in [1.54, 1.807) is 0 Å². The van der Waals surface area contributed by atoms with E-state index in [4.69, 9.17) is 15.3 Å². The summed E-state index contributed by atoms with van der Waals surface area (Å²) in [6.45, 7) is -3.37. The van der Waals surface area contributed by atoms with Crippen LogP contribution in [0.1, 0.15) is 28.6 Å². The lowest BCUT2D eigenvalue weighted by Gasteiger charge is -2.34. The number of ether oxygens (including phenoxy) is 1. The number of hydrogen-bond donors (Lipinski definition) is 1. The van der Waals surface area contributed by atoms with Crippen molar-refractivity contribution in [1.82, 2.24) is 9.80 Å². The van der Waals surface area contributed by atoms with Crippen LogP contribution in [0.25, 0.3) is 5.57 Å². The molecule has 2 aliphatic rings. The molecule has 194 valence electrons. The van der Waals surface area contributed by atoms with Gasteiger partial charge in [0.2, 0.25) is 0 Å². The smallest absolute Gasteiger partial charge is 0.394 e. The van der Waals surface area contributed by atoms with E-state index in [-0.39, 0.29) is 31.4 Å². The SMILES string of the molecule is Cl.Cl.[2H]C([2H])(OCCO)C([2H])([2H])N1CCN(CC/C=C2\c3ccccc3Sc3ccc(C(F)(F)F)cc32)CC1. The van der Waals surface area contributed by atoms with Crippen LogP contribution in [-0.2, 0) is 10.9 Å². The van der Waals surface area contributed by atoms with E-state index in [0.29, 0.717) is 44.7 Å². The lowest BCUT2D eigenvalue weighted by molar-refractivity contribution is -0.137. The van der Waals surface area contributed by atoms with Crippen molar-refractivity contribution in [3.63, 3.8) is 0 Å². The number of rotatable bonds is 8. The normalized spacial score (nSPS) is 19.8. The summed E-state index contributed by atoms with van der Waals surface area (Å²) in [4.78, 5) is 5.31. The first-order valence-electron chi connectivity index (χ1n) is 12.9. The highest BCUT2D eigenvalue weighted by atomic mass is 35.5. The van der Waals surface area contributed by atoms with Crippen LogP contribution in [0.4, 0.5) is 13.2 Å². The van der Waals surface area contributed by atoms with Gasteiger partial charge < -0.3 is 14.7 Å². The number of nitrogens with zero attached hydrogens (tertiary/aromatic N) is 2. The van der Waals surface area contributed by atoms with Gasteiger partial charge in [-0.15, -0.1) is 24.8 Å². The highest BCUT2D eigenvalue weighted by Gasteiger charge is 2.32. The zero-order valence-electron chi connectivity index (χ0n) is 22.9. The third-order valence-electron chi connectivity index (χ3n) is 5.63. The standard InChI is InChI=1S/C25H29F3N2O2S.2ClH/c26-25(27,28)19-7-8-24-22(18-19)20(21-4-1-2-6-23(21)33-24)5-3-9-29-10-12-30(13-11-29)14-16-32-17-15-31;;/h1-2,4-8,18,31H,3,9-17H2;2*1H/b20-5+;;/i14D2,16D2;;. The predicted octanol–water partition coefficient (Wildman–Crippen LogP) is 5.46. The molecule has 0 saturated carbocycles. The molecule has 4 rings (SSSR count). The van der Waals surface area contributed by atoms with Crippen LogP contribution >= 0.6 is 36.6 Å². The first kappa shape index (κ1) is 24.1. The summed E-state index contributed by atoms with van der Waals surface area (Å²) >= 11 is 1.46. The molecule has 0 bridgehead atoms. The van der Waals surface area contributed by atoms with E-state index in [9.17, 15) is 13.2 Å². The molecule has 0 amide bonds. The van der Waals surface area contributed by atoms with Gasteiger partial charge in [-0.2, -0.15) is 13.2 Å². The monoisotopic (exact) mass is 554 g/mol. The van der Waals surface area contributed by atoms with Gasteiger partial charge >= 0.3 is 6.18 Å². The van der Waals surface area contributed by atoms with E-state index < -0.39 is 31.4 Å². The van der Waals surface area contributed by atoms with Crippen LogP contribution in [0.3, 0.4) is 0 Å². The molecular weight excluding hydrogens is 520 g/mol. The van der Waals surface area contributed by atoms with Gasteiger partial charge in [0, 0.05) is 51.8 Å². The molecule has 2 heterocycles. The average molecular weight is 556 g/mol. The number of fused-ring (bicyclic) bond motifs is 2. The van der Waals surface area contributed by atoms with E-state index in [1.807, 2.05) is 30.3 Å². The number of piperazine rings is 1. The maximum atomic E-state index is 13.4. The minimum Gasteiger partial charge on any atom is -0.394 e. The van der Waals surface area contributed by atoms with Gasteiger partial charge in [-0.1, -0.05) is 36.0 Å². The van der Waals surface area contributed by atoms with Crippen molar-refractivity contribution in [2.75, 3.05) is 59.0 Å². The van der Waals surface area contributed by atoms with Crippen molar-refractivity contribution in [2.45, 2.75) is 22.4 Å². The third kappa shape index (κ3) is 7.86. The minimum absolute atomic E-state index is 0. The largest absolute Gasteiger partial charge is 0.416 e. The van der Waals surface area contributed by atoms with Gasteiger partial charge in [-0.05, 0) is 47.4 Å². The molecule has 2 aromatic rings. The second kappa shape index (κ2) is 13.9. The summed E-state index contributed by atoms with van der Waals surface area (Å²) in [7, 11) is 0. The Kier molecular flexibility index (Phi) is 9.56. The number of aliphatic hydroxyl groups excluding tert-OH is 1. The van der Waals surface area contributed by atoms with E-state index >= 15 is 0 Å². The molecule has 1 fully saturated rings. The first-order chi connectivity index (χ1) is 17.4. The highest BCUT2D eigenvalue weighted by molar-refractivity contribution is 7.99. The Labute approximate surface area is 227 Å². The second-order valence-corrected chi connectivity index (χ2v) is 8.91. The summed E-state index contributed by atoms with van der Waals surface area (Å²) in [5.41, 5.74) is 1.58. The average Bonchev–Trinajstić information content (AvgIpc) is 2.86. The molecule has 10 heteroatoms. The zero-order valence-corrected chi connectivity index (χ0v) is 21.3. The van der Waals surface area contributed by atoms with Gasteiger partial charge in [0.25, 0.3) is 0 Å². The Morgan fingerprint density at radius 2 is 1.69 bits per heavy atom. The molecule has 0 unspecified atom stereocenters. The van der Waals surface area contributed by atoms with Crippen LogP contribution in [0.2, 0.25) is 0 Å².